The summed E-state index contributed by atoms with van der Waals surface area (Å²) in [4.78, 5) is 18.1. The topological polar surface area (TPSA) is 69.7 Å². The summed E-state index contributed by atoms with van der Waals surface area (Å²) >= 11 is 3.29. The number of hydrogen-bond acceptors (Lipinski definition) is 6. The largest absolute Gasteiger partial charge is 0.339 e. The molecule has 1 atom stereocenters. The minimum absolute atomic E-state index is 0.244. The first-order valence-corrected chi connectivity index (χ1v) is 14.0. The molecule has 10 heteroatoms. The van der Waals surface area contributed by atoms with Gasteiger partial charge in [-0.25, -0.2) is 12.8 Å². The van der Waals surface area contributed by atoms with E-state index in [0.29, 0.717) is 25.3 Å². The fourth-order valence-electron chi connectivity index (χ4n) is 3.52. The lowest BCUT2D eigenvalue weighted by atomic mass is 10.2. The molecule has 1 aromatic heterocycles. The first-order valence-electron chi connectivity index (χ1n) is 10.2. The lowest BCUT2D eigenvalue weighted by Gasteiger charge is -2.36. The summed E-state index contributed by atoms with van der Waals surface area (Å²) < 4.78 is 41.9. The third-order valence-electron chi connectivity index (χ3n) is 5.27. The molecule has 3 rings (SSSR count). The van der Waals surface area contributed by atoms with Gasteiger partial charge in [0.15, 0.2) is 0 Å². The molecule has 1 aromatic carbocycles. The van der Waals surface area contributed by atoms with Crippen molar-refractivity contribution in [1.82, 2.24) is 14.5 Å². The van der Waals surface area contributed by atoms with E-state index in [1.54, 1.807) is 16.2 Å². The van der Waals surface area contributed by atoms with Gasteiger partial charge in [0.05, 0.1) is 0 Å². The number of carbonyl (C=O) groups excluding carboxylic acids is 1. The highest BCUT2D eigenvalue weighted by atomic mass is 32.2. The van der Waals surface area contributed by atoms with E-state index in [9.17, 15) is 17.6 Å². The Balaban J connectivity index is 1.60. The van der Waals surface area contributed by atoms with Crippen molar-refractivity contribution in [3.05, 3.63) is 52.5 Å². The average Bonchev–Trinajstić information content (AvgIpc) is 3.29. The van der Waals surface area contributed by atoms with Crippen LogP contribution >= 0.6 is 23.1 Å². The molecule has 2 heterocycles. The number of amides is 1. The molecule has 1 amide bonds. The Morgan fingerprint density at radius 2 is 1.94 bits per heavy atom. The Morgan fingerprint density at radius 3 is 2.58 bits per heavy atom. The number of nitrogens with zero attached hydrogens (tertiary/aromatic N) is 2. The first-order chi connectivity index (χ1) is 14.9. The zero-order valence-electron chi connectivity index (χ0n) is 17.5. The Bertz CT molecular complexity index is 946. The van der Waals surface area contributed by atoms with Gasteiger partial charge in [0.2, 0.25) is 15.9 Å². The van der Waals surface area contributed by atoms with Crippen LogP contribution in [0.15, 0.2) is 46.7 Å². The molecule has 0 radical (unpaired) electrons. The van der Waals surface area contributed by atoms with Gasteiger partial charge in [-0.15, -0.1) is 11.3 Å². The van der Waals surface area contributed by atoms with Gasteiger partial charge in [0.1, 0.15) is 16.8 Å². The first kappa shape index (κ1) is 24.2. The monoisotopic (exact) mass is 485 g/mol. The van der Waals surface area contributed by atoms with Gasteiger partial charge in [-0.2, -0.15) is 16.5 Å². The summed E-state index contributed by atoms with van der Waals surface area (Å²) in [5.41, 5.74) is 0. The van der Waals surface area contributed by atoms with Crippen LogP contribution in [-0.2, 0) is 21.2 Å². The van der Waals surface area contributed by atoms with Crippen LogP contribution < -0.4 is 4.72 Å². The van der Waals surface area contributed by atoms with E-state index in [1.807, 2.05) is 12.3 Å². The summed E-state index contributed by atoms with van der Waals surface area (Å²) in [7, 11) is -4.14. The molecule has 31 heavy (non-hydrogen) atoms. The summed E-state index contributed by atoms with van der Waals surface area (Å²) in [6.45, 7) is 3.57. The number of sulfonamides is 1. The Labute approximate surface area is 191 Å². The molecule has 1 aliphatic rings. The second-order valence-corrected chi connectivity index (χ2v) is 11.1. The molecule has 1 saturated heterocycles. The van der Waals surface area contributed by atoms with E-state index in [4.69, 9.17) is 0 Å². The van der Waals surface area contributed by atoms with E-state index in [-0.39, 0.29) is 5.91 Å². The van der Waals surface area contributed by atoms with Gasteiger partial charge in [-0.05, 0) is 48.4 Å². The SMILES string of the molecule is CSCCC(NS(=O)(=O)c1ccccc1F)C(=O)N1CCN(CCc2cccs2)CC1. The van der Waals surface area contributed by atoms with Crippen LogP contribution in [0.4, 0.5) is 4.39 Å². The molecule has 0 bridgehead atoms. The number of rotatable bonds is 10. The van der Waals surface area contributed by atoms with E-state index < -0.39 is 26.8 Å². The lowest BCUT2D eigenvalue weighted by Crippen LogP contribution is -2.55. The molecule has 0 aliphatic carbocycles. The molecule has 0 saturated carbocycles. The third-order valence-corrected chi connectivity index (χ3v) is 8.36. The third kappa shape index (κ3) is 6.76. The maximum atomic E-state index is 14.0. The van der Waals surface area contributed by atoms with Crippen LogP contribution in [-0.4, -0.2) is 74.9 Å². The van der Waals surface area contributed by atoms with Crippen LogP contribution in [0.25, 0.3) is 0 Å². The predicted molar refractivity (Wildman–Crippen MR) is 125 cm³/mol. The van der Waals surface area contributed by atoms with Crippen LogP contribution in [0.5, 0.6) is 0 Å². The van der Waals surface area contributed by atoms with Crippen molar-refractivity contribution >= 4 is 39.0 Å². The van der Waals surface area contributed by atoms with Gasteiger partial charge in [0.25, 0.3) is 0 Å². The zero-order valence-corrected chi connectivity index (χ0v) is 19.9. The second kappa shape index (κ2) is 11.4. The molecule has 170 valence electrons. The smallest absolute Gasteiger partial charge is 0.244 e. The molecule has 1 aliphatic heterocycles. The fraction of sp³-hybridized carbons (Fsp3) is 0.476. The normalized spacial score (nSPS) is 16.4. The summed E-state index contributed by atoms with van der Waals surface area (Å²) in [5.74, 6) is -0.450. The van der Waals surface area contributed by atoms with Crippen molar-refractivity contribution in [3.63, 3.8) is 0 Å². The van der Waals surface area contributed by atoms with Gasteiger partial charge in [-0.3, -0.25) is 9.69 Å². The Hall–Kier alpha value is -1.46. The molecule has 1 unspecified atom stereocenters. The highest BCUT2D eigenvalue weighted by Crippen LogP contribution is 2.17. The minimum Gasteiger partial charge on any atom is -0.339 e. The molecule has 0 spiro atoms. The van der Waals surface area contributed by atoms with Gasteiger partial charge >= 0.3 is 0 Å². The number of thiophene rings is 1. The van der Waals surface area contributed by atoms with Crippen LogP contribution in [0.2, 0.25) is 0 Å². The van der Waals surface area contributed by atoms with Crippen molar-refractivity contribution in [2.75, 3.05) is 44.7 Å². The summed E-state index contributed by atoms with van der Waals surface area (Å²) in [5, 5.41) is 2.07. The van der Waals surface area contributed by atoms with Crippen molar-refractivity contribution < 1.29 is 17.6 Å². The van der Waals surface area contributed by atoms with Crippen LogP contribution in [0.3, 0.4) is 0 Å². The number of thioether (sulfide) groups is 1. The van der Waals surface area contributed by atoms with Crippen LogP contribution in [0.1, 0.15) is 11.3 Å². The number of nitrogens with one attached hydrogen (secondary N) is 1. The summed E-state index contributed by atoms with van der Waals surface area (Å²) in [6.07, 6.45) is 3.25. The molecule has 6 nitrogen and oxygen atoms in total. The van der Waals surface area contributed by atoms with E-state index >= 15 is 0 Å². The van der Waals surface area contributed by atoms with E-state index in [2.05, 4.69) is 21.1 Å². The van der Waals surface area contributed by atoms with Crippen molar-refractivity contribution in [3.8, 4) is 0 Å². The van der Waals surface area contributed by atoms with Gasteiger partial charge in [0, 0.05) is 37.6 Å². The van der Waals surface area contributed by atoms with Crippen LogP contribution in [0, 0.1) is 5.82 Å². The minimum atomic E-state index is -4.14. The van der Waals surface area contributed by atoms with E-state index in [0.717, 1.165) is 32.1 Å². The summed E-state index contributed by atoms with van der Waals surface area (Å²) in [6, 6.07) is 8.47. The van der Waals surface area contributed by atoms with Crippen molar-refractivity contribution in [2.24, 2.45) is 0 Å². The maximum Gasteiger partial charge on any atom is 0.244 e. The Kier molecular flexibility index (Phi) is 8.91. The molecule has 1 N–H and O–H groups in total. The average molecular weight is 486 g/mol. The fourth-order valence-corrected chi connectivity index (χ4v) is 5.99. The Morgan fingerprint density at radius 1 is 1.19 bits per heavy atom. The lowest BCUT2D eigenvalue weighted by molar-refractivity contribution is -0.134. The molecular formula is C21H28FN3O3S3. The zero-order chi connectivity index (χ0) is 22.3. The molecular weight excluding hydrogens is 457 g/mol. The van der Waals surface area contributed by atoms with Crippen molar-refractivity contribution in [2.45, 2.75) is 23.8 Å². The second-order valence-electron chi connectivity index (χ2n) is 7.38. The van der Waals surface area contributed by atoms with Gasteiger partial charge in [-0.1, -0.05) is 18.2 Å². The molecule has 1 fully saturated rings. The predicted octanol–water partition coefficient (Wildman–Crippen LogP) is 2.67. The highest BCUT2D eigenvalue weighted by molar-refractivity contribution is 7.98. The number of carbonyl (C=O) groups is 1. The van der Waals surface area contributed by atoms with Gasteiger partial charge < -0.3 is 4.90 Å². The number of benzene rings is 1. The number of piperazine rings is 1. The standard InChI is InChI=1S/C21H28FN3O3S3/c1-29-16-9-19(23-31(27,28)20-7-3-2-6-18(20)22)21(26)25-13-11-24(12-14-25)10-8-17-5-4-15-30-17/h2-7,15,19,23H,8-14,16H2,1H3. The quantitative estimate of drug-likeness (QED) is 0.560. The van der Waals surface area contributed by atoms with Crippen molar-refractivity contribution in [1.29, 1.82) is 0 Å². The molecule has 2 aromatic rings. The number of halogens is 1. The highest BCUT2D eigenvalue weighted by Gasteiger charge is 2.31. The number of hydrogen-bond donors (Lipinski definition) is 1. The van der Waals surface area contributed by atoms with E-state index in [1.165, 1.54) is 34.8 Å². The maximum absolute atomic E-state index is 14.0.